The molecule has 0 aromatic carbocycles. The minimum Gasteiger partial charge on any atom is -0.384 e. The van der Waals surface area contributed by atoms with E-state index in [1.165, 1.54) is 0 Å². The summed E-state index contributed by atoms with van der Waals surface area (Å²) in [7, 11) is 0. The number of alkyl halides is 3. The highest BCUT2D eigenvalue weighted by Gasteiger charge is 2.39. The lowest BCUT2D eigenvalue weighted by Crippen LogP contribution is -2.40. The van der Waals surface area contributed by atoms with Crippen molar-refractivity contribution < 1.29 is 22.8 Å². The topological polar surface area (TPSA) is 85.1 Å². The molecule has 2 rings (SSSR count). The maximum absolute atomic E-state index is 12.9. The summed E-state index contributed by atoms with van der Waals surface area (Å²) < 4.78 is 38.7. The fraction of sp³-hybridized carbons (Fsp3) is 0.462. The minimum atomic E-state index is -4.63. The van der Waals surface area contributed by atoms with Crippen LogP contribution in [0.3, 0.4) is 0 Å². The lowest BCUT2D eigenvalue weighted by molar-refractivity contribution is -0.139. The van der Waals surface area contributed by atoms with Gasteiger partial charge in [-0.05, 0) is 18.1 Å². The van der Waals surface area contributed by atoms with Crippen LogP contribution in [0.5, 0.6) is 0 Å². The molecule has 1 aliphatic rings. The number of imide groups is 1. The standard InChI is InChI=1S/C11H10F3N3O2.C2H6/c12-11(13,14)7-3-8(15)16-4-6(7)5-1-2-9(18)17-10(5)19;1-2/h3-5H,1-2H2,(H2,15,16)(H,17,18,19);1-2H3. The van der Waals surface area contributed by atoms with Gasteiger partial charge in [-0.15, -0.1) is 0 Å². The molecule has 116 valence electrons. The third-order valence-corrected chi connectivity index (χ3v) is 2.88. The van der Waals surface area contributed by atoms with Crippen molar-refractivity contribution >= 4 is 17.6 Å². The monoisotopic (exact) mass is 303 g/mol. The fourth-order valence-electron chi connectivity index (χ4n) is 2.00. The van der Waals surface area contributed by atoms with Gasteiger partial charge in [0.2, 0.25) is 11.8 Å². The lowest BCUT2D eigenvalue weighted by Gasteiger charge is -2.23. The average Bonchev–Trinajstić information content (AvgIpc) is 2.41. The first-order chi connectivity index (χ1) is 9.79. The van der Waals surface area contributed by atoms with Crippen molar-refractivity contribution in [3.63, 3.8) is 0 Å². The second-order valence-corrected chi connectivity index (χ2v) is 4.20. The largest absolute Gasteiger partial charge is 0.416 e. The zero-order chi connectivity index (χ0) is 16.2. The maximum atomic E-state index is 12.9. The van der Waals surface area contributed by atoms with Crippen molar-refractivity contribution in [2.75, 3.05) is 5.73 Å². The van der Waals surface area contributed by atoms with E-state index >= 15 is 0 Å². The molecule has 0 saturated carbocycles. The molecule has 3 N–H and O–H groups in total. The number of nitrogens with zero attached hydrogens (tertiary/aromatic N) is 1. The van der Waals surface area contributed by atoms with Gasteiger partial charge in [0, 0.05) is 12.6 Å². The predicted octanol–water partition coefficient (Wildman–Crippen LogP) is 2.23. The molecule has 1 saturated heterocycles. The van der Waals surface area contributed by atoms with Crippen LogP contribution in [-0.4, -0.2) is 16.8 Å². The summed E-state index contributed by atoms with van der Waals surface area (Å²) in [5.41, 5.74) is 4.00. The third-order valence-electron chi connectivity index (χ3n) is 2.88. The second-order valence-electron chi connectivity index (χ2n) is 4.20. The lowest BCUT2D eigenvalue weighted by atomic mass is 9.88. The number of pyridine rings is 1. The summed E-state index contributed by atoms with van der Waals surface area (Å²) >= 11 is 0. The van der Waals surface area contributed by atoms with Gasteiger partial charge in [-0.25, -0.2) is 4.98 Å². The number of aromatic nitrogens is 1. The molecule has 1 aromatic heterocycles. The summed E-state index contributed by atoms with van der Waals surface area (Å²) in [5.74, 6) is -2.54. The molecule has 2 amide bonds. The highest BCUT2D eigenvalue weighted by Crippen LogP contribution is 2.37. The van der Waals surface area contributed by atoms with Crippen LogP contribution >= 0.6 is 0 Å². The Bertz CT molecular complexity index is 544. The van der Waals surface area contributed by atoms with Crippen molar-refractivity contribution in [1.29, 1.82) is 0 Å². The molecule has 1 atom stereocenters. The Balaban J connectivity index is 0.00000106. The van der Waals surface area contributed by atoms with Crippen molar-refractivity contribution in [3.8, 4) is 0 Å². The number of rotatable bonds is 1. The third kappa shape index (κ3) is 3.93. The highest BCUT2D eigenvalue weighted by atomic mass is 19.4. The molecule has 1 unspecified atom stereocenters. The first-order valence-electron chi connectivity index (χ1n) is 6.45. The summed E-state index contributed by atoms with van der Waals surface area (Å²) in [6.45, 7) is 4.00. The highest BCUT2D eigenvalue weighted by molar-refractivity contribution is 6.01. The predicted molar refractivity (Wildman–Crippen MR) is 70.1 cm³/mol. The van der Waals surface area contributed by atoms with Gasteiger partial charge in [0.05, 0.1) is 11.5 Å². The molecule has 0 bridgehead atoms. The number of carbonyl (C=O) groups is 2. The molecule has 1 aromatic rings. The van der Waals surface area contributed by atoms with Gasteiger partial charge < -0.3 is 5.73 Å². The molecule has 1 aliphatic heterocycles. The molecule has 2 heterocycles. The van der Waals surface area contributed by atoms with E-state index in [0.29, 0.717) is 6.07 Å². The van der Waals surface area contributed by atoms with Crippen LogP contribution in [0.2, 0.25) is 0 Å². The van der Waals surface area contributed by atoms with E-state index in [9.17, 15) is 22.8 Å². The number of nitrogen functional groups attached to an aromatic ring is 1. The van der Waals surface area contributed by atoms with Crippen molar-refractivity contribution in [3.05, 3.63) is 23.4 Å². The Morgan fingerprint density at radius 3 is 2.48 bits per heavy atom. The van der Waals surface area contributed by atoms with Crippen molar-refractivity contribution in [1.82, 2.24) is 10.3 Å². The number of carbonyl (C=O) groups excluding carboxylic acids is 2. The Morgan fingerprint density at radius 1 is 1.33 bits per heavy atom. The van der Waals surface area contributed by atoms with Gasteiger partial charge in [-0.1, -0.05) is 13.8 Å². The van der Waals surface area contributed by atoms with Crippen molar-refractivity contribution in [2.45, 2.75) is 38.8 Å². The fourth-order valence-corrected chi connectivity index (χ4v) is 2.00. The Kier molecular flexibility index (Phi) is 5.28. The number of hydrogen-bond donors (Lipinski definition) is 2. The van der Waals surface area contributed by atoms with Crippen LogP contribution in [-0.2, 0) is 15.8 Å². The zero-order valence-electron chi connectivity index (χ0n) is 11.6. The number of nitrogens with one attached hydrogen (secondary N) is 1. The molecule has 8 heteroatoms. The number of halogens is 3. The van der Waals surface area contributed by atoms with Gasteiger partial charge >= 0.3 is 6.18 Å². The summed E-state index contributed by atoms with van der Waals surface area (Å²) in [4.78, 5) is 26.2. The quantitative estimate of drug-likeness (QED) is 0.779. The number of hydrogen-bond acceptors (Lipinski definition) is 4. The van der Waals surface area contributed by atoms with Gasteiger partial charge in [0.15, 0.2) is 0 Å². The first kappa shape index (κ1) is 16.9. The normalized spacial score (nSPS) is 18.6. The molecule has 5 nitrogen and oxygen atoms in total. The minimum absolute atomic E-state index is 0.00190. The van der Waals surface area contributed by atoms with Crippen LogP contribution in [0.4, 0.5) is 19.0 Å². The van der Waals surface area contributed by atoms with Crippen LogP contribution in [0.25, 0.3) is 0 Å². The first-order valence-corrected chi connectivity index (χ1v) is 6.45. The zero-order valence-corrected chi connectivity index (χ0v) is 11.6. The van der Waals surface area contributed by atoms with Gasteiger partial charge in [-0.3, -0.25) is 14.9 Å². The Labute approximate surface area is 119 Å². The van der Waals surface area contributed by atoms with E-state index in [1.807, 2.05) is 19.2 Å². The van der Waals surface area contributed by atoms with Crippen LogP contribution in [0, 0.1) is 0 Å². The van der Waals surface area contributed by atoms with Crippen LogP contribution in [0.15, 0.2) is 12.3 Å². The number of nitrogens with two attached hydrogens (primary N) is 1. The van der Waals surface area contributed by atoms with Crippen LogP contribution in [0.1, 0.15) is 43.7 Å². The van der Waals surface area contributed by atoms with E-state index < -0.39 is 29.5 Å². The van der Waals surface area contributed by atoms with E-state index in [1.54, 1.807) is 0 Å². The molecule has 0 aliphatic carbocycles. The van der Waals surface area contributed by atoms with E-state index in [0.717, 1.165) is 6.20 Å². The van der Waals surface area contributed by atoms with Gasteiger partial charge in [-0.2, -0.15) is 13.2 Å². The number of anilines is 1. The smallest absolute Gasteiger partial charge is 0.384 e. The molecule has 0 radical (unpaired) electrons. The molecular formula is C13H16F3N3O2. The van der Waals surface area contributed by atoms with Gasteiger partial charge in [0.1, 0.15) is 5.82 Å². The van der Waals surface area contributed by atoms with Gasteiger partial charge in [0.25, 0.3) is 0 Å². The SMILES string of the molecule is CC.Nc1cc(C(F)(F)F)c(C2CCC(=O)NC2=O)cn1. The average molecular weight is 303 g/mol. The number of piperidine rings is 1. The van der Waals surface area contributed by atoms with E-state index in [-0.39, 0.29) is 24.2 Å². The van der Waals surface area contributed by atoms with E-state index in [2.05, 4.69) is 4.98 Å². The molecule has 1 fully saturated rings. The summed E-state index contributed by atoms with van der Waals surface area (Å²) in [5, 5.41) is 2.02. The molecule has 0 spiro atoms. The van der Waals surface area contributed by atoms with Crippen molar-refractivity contribution in [2.24, 2.45) is 0 Å². The number of amides is 2. The molecule has 21 heavy (non-hydrogen) atoms. The Morgan fingerprint density at radius 2 is 1.95 bits per heavy atom. The summed E-state index contributed by atoms with van der Waals surface area (Å²) in [6.07, 6.45) is -3.66. The Hall–Kier alpha value is -2.12. The molecular weight excluding hydrogens is 287 g/mol. The second kappa shape index (κ2) is 6.55. The maximum Gasteiger partial charge on any atom is 0.416 e. The van der Waals surface area contributed by atoms with Crippen LogP contribution < -0.4 is 11.1 Å². The summed E-state index contributed by atoms with van der Waals surface area (Å²) in [6, 6.07) is 0.693. The van der Waals surface area contributed by atoms with E-state index in [4.69, 9.17) is 5.73 Å².